The first-order chi connectivity index (χ1) is 11.7. The Kier molecular flexibility index (Phi) is 6.04. The van der Waals surface area contributed by atoms with Gasteiger partial charge in [0, 0.05) is 18.1 Å². The molecule has 0 bridgehead atoms. The van der Waals surface area contributed by atoms with Gasteiger partial charge in [-0.15, -0.1) is 0 Å². The van der Waals surface area contributed by atoms with E-state index < -0.39 is 38.9 Å². The fourth-order valence-corrected chi connectivity index (χ4v) is 3.01. The maximum absolute atomic E-state index is 13.5. The number of hydrogen-bond acceptors (Lipinski definition) is 3. The zero-order chi connectivity index (χ0) is 18.6. The van der Waals surface area contributed by atoms with Crippen LogP contribution in [-0.4, -0.2) is 27.4 Å². The molecule has 0 unspecified atom stereocenters. The molecule has 2 N–H and O–H groups in total. The number of carbonyl (C=O) groups is 1. The normalized spacial score (nSPS) is 11.4. The third kappa shape index (κ3) is 4.71. The number of hydrogen-bond donors (Lipinski definition) is 2. The summed E-state index contributed by atoms with van der Waals surface area (Å²) < 4.78 is 65.5. The van der Waals surface area contributed by atoms with Gasteiger partial charge in [0.2, 0.25) is 10.0 Å². The highest BCUT2D eigenvalue weighted by Crippen LogP contribution is 2.15. The zero-order valence-corrected chi connectivity index (χ0v) is 14.1. The highest BCUT2D eigenvalue weighted by Gasteiger charge is 2.19. The van der Waals surface area contributed by atoms with E-state index in [9.17, 15) is 26.4 Å². The first kappa shape index (κ1) is 19.2. The number of nitrogens with one attached hydrogen (secondary N) is 2. The van der Waals surface area contributed by atoms with Crippen LogP contribution in [0.4, 0.5) is 13.2 Å². The Labute approximate surface area is 146 Å². The van der Waals surface area contributed by atoms with Crippen LogP contribution in [0.15, 0.2) is 41.3 Å². The molecule has 2 aromatic carbocycles. The first-order valence-electron chi connectivity index (χ1n) is 6.89. The molecule has 0 aliphatic heterocycles. The molecule has 0 aliphatic carbocycles. The van der Waals surface area contributed by atoms with Gasteiger partial charge in [0.05, 0.1) is 10.5 Å². The molecule has 10 heteroatoms. The number of rotatable bonds is 6. The van der Waals surface area contributed by atoms with Crippen LogP contribution in [-0.2, 0) is 10.0 Å². The standard InChI is InChI=1S/C15H12ClF3N2O3S/c16-9-1-3-10(4-2-9)25(23,24)21-8-7-20-15(22)11-5-6-12(17)14(19)13(11)18/h1-6,21H,7-8H2,(H,20,22). The summed E-state index contributed by atoms with van der Waals surface area (Å²) in [5.74, 6) is -5.78. The van der Waals surface area contributed by atoms with Crippen molar-refractivity contribution >= 4 is 27.5 Å². The lowest BCUT2D eigenvalue weighted by Crippen LogP contribution is -2.35. The number of sulfonamides is 1. The van der Waals surface area contributed by atoms with Crippen LogP contribution in [0.25, 0.3) is 0 Å². The SMILES string of the molecule is O=C(NCCNS(=O)(=O)c1ccc(Cl)cc1)c1ccc(F)c(F)c1F. The molecule has 0 atom stereocenters. The average Bonchev–Trinajstić information content (AvgIpc) is 2.57. The molecular weight excluding hydrogens is 381 g/mol. The predicted octanol–water partition coefficient (Wildman–Crippen LogP) is 2.47. The predicted molar refractivity (Wildman–Crippen MR) is 85.3 cm³/mol. The van der Waals surface area contributed by atoms with Crippen molar-refractivity contribution in [3.63, 3.8) is 0 Å². The van der Waals surface area contributed by atoms with Crippen LogP contribution < -0.4 is 10.0 Å². The Morgan fingerprint density at radius 2 is 1.60 bits per heavy atom. The van der Waals surface area contributed by atoms with Gasteiger partial charge in [0.25, 0.3) is 5.91 Å². The Morgan fingerprint density at radius 3 is 2.24 bits per heavy atom. The van der Waals surface area contributed by atoms with Gasteiger partial charge in [-0.05, 0) is 36.4 Å². The topological polar surface area (TPSA) is 75.3 Å². The third-order valence-electron chi connectivity index (χ3n) is 3.11. The number of carbonyl (C=O) groups excluding carboxylic acids is 1. The van der Waals surface area contributed by atoms with E-state index in [0.717, 1.165) is 6.07 Å². The summed E-state index contributed by atoms with van der Waals surface area (Å²) in [6.07, 6.45) is 0. The Bertz CT molecular complexity index is 890. The van der Waals surface area contributed by atoms with Crippen molar-refractivity contribution in [2.24, 2.45) is 0 Å². The van der Waals surface area contributed by atoms with Crippen molar-refractivity contribution in [2.75, 3.05) is 13.1 Å². The molecule has 25 heavy (non-hydrogen) atoms. The summed E-state index contributed by atoms with van der Waals surface area (Å²) in [4.78, 5) is 11.7. The first-order valence-corrected chi connectivity index (χ1v) is 8.75. The highest BCUT2D eigenvalue weighted by molar-refractivity contribution is 7.89. The minimum Gasteiger partial charge on any atom is -0.351 e. The number of benzene rings is 2. The summed E-state index contributed by atoms with van der Waals surface area (Å²) in [5, 5.41) is 2.58. The maximum atomic E-state index is 13.5. The Morgan fingerprint density at radius 1 is 0.960 bits per heavy atom. The van der Waals surface area contributed by atoms with Gasteiger partial charge in [-0.25, -0.2) is 26.3 Å². The molecule has 2 rings (SSSR count). The lowest BCUT2D eigenvalue weighted by molar-refractivity contribution is 0.0949. The summed E-state index contributed by atoms with van der Waals surface area (Å²) >= 11 is 5.67. The largest absolute Gasteiger partial charge is 0.351 e. The molecule has 0 aromatic heterocycles. The van der Waals surface area contributed by atoms with Crippen LogP contribution >= 0.6 is 11.6 Å². The van der Waals surface area contributed by atoms with Crippen molar-refractivity contribution < 1.29 is 26.4 Å². The van der Waals surface area contributed by atoms with Gasteiger partial charge >= 0.3 is 0 Å². The second kappa shape index (κ2) is 7.85. The van der Waals surface area contributed by atoms with Crippen molar-refractivity contribution in [3.8, 4) is 0 Å². The van der Waals surface area contributed by atoms with E-state index in [4.69, 9.17) is 11.6 Å². The monoisotopic (exact) mass is 392 g/mol. The van der Waals surface area contributed by atoms with Crippen LogP contribution in [0.1, 0.15) is 10.4 Å². The van der Waals surface area contributed by atoms with Gasteiger partial charge < -0.3 is 5.32 Å². The number of halogens is 4. The lowest BCUT2D eigenvalue weighted by Gasteiger charge is -2.09. The van der Waals surface area contributed by atoms with Gasteiger partial charge in [-0.1, -0.05) is 11.6 Å². The van der Waals surface area contributed by atoms with Crippen LogP contribution in [0.2, 0.25) is 5.02 Å². The molecular formula is C15H12ClF3N2O3S. The van der Waals surface area contributed by atoms with Gasteiger partial charge in [0.15, 0.2) is 17.5 Å². The lowest BCUT2D eigenvalue weighted by atomic mass is 10.2. The highest BCUT2D eigenvalue weighted by atomic mass is 35.5. The quantitative estimate of drug-likeness (QED) is 0.585. The summed E-state index contributed by atoms with van der Waals surface area (Å²) in [6.45, 7) is -0.383. The van der Waals surface area contributed by atoms with E-state index >= 15 is 0 Å². The minimum absolute atomic E-state index is 0.0186. The van der Waals surface area contributed by atoms with E-state index in [1.807, 2.05) is 0 Å². The van der Waals surface area contributed by atoms with Gasteiger partial charge in [0.1, 0.15) is 0 Å². The van der Waals surface area contributed by atoms with E-state index in [2.05, 4.69) is 10.0 Å². The van der Waals surface area contributed by atoms with E-state index in [-0.39, 0.29) is 18.0 Å². The van der Waals surface area contributed by atoms with E-state index in [1.54, 1.807) is 0 Å². The molecule has 0 aliphatic rings. The summed E-state index contributed by atoms with van der Waals surface area (Å²) in [7, 11) is -3.80. The van der Waals surface area contributed by atoms with Crippen LogP contribution in [0.3, 0.4) is 0 Å². The molecule has 0 heterocycles. The van der Waals surface area contributed by atoms with E-state index in [0.29, 0.717) is 11.1 Å². The minimum atomic E-state index is -3.80. The third-order valence-corrected chi connectivity index (χ3v) is 4.84. The van der Waals surface area contributed by atoms with Crippen molar-refractivity contribution in [1.82, 2.24) is 10.0 Å². The van der Waals surface area contributed by atoms with Crippen LogP contribution in [0, 0.1) is 17.5 Å². The molecule has 134 valence electrons. The van der Waals surface area contributed by atoms with E-state index in [1.165, 1.54) is 24.3 Å². The van der Waals surface area contributed by atoms with Crippen molar-refractivity contribution in [3.05, 3.63) is 64.4 Å². The molecule has 0 saturated carbocycles. The molecule has 0 saturated heterocycles. The second-order valence-corrected chi connectivity index (χ2v) is 7.03. The molecule has 5 nitrogen and oxygen atoms in total. The fraction of sp³-hybridized carbons (Fsp3) is 0.133. The van der Waals surface area contributed by atoms with Gasteiger partial charge in [-0.3, -0.25) is 4.79 Å². The zero-order valence-electron chi connectivity index (χ0n) is 12.5. The van der Waals surface area contributed by atoms with Gasteiger partial charge in [-0.2, -0.15) is 0 Å². The summed E-state index contributed by atoms with van der Waals surface area (Å²) in [6, 6.07) is 6.84. The molecule has 0 radical (unpaired) electrons. The molecule has 0 fully saturated rings. The van der Waals surface area contributed by atoms with Crippen molar-refractivity contribution in [1.29, 1.82) is 0 Å². The second-order valence-electron chi connectivity index (χ2n) is 4.83. The molecule has 0 spiro atoms. The Balaban J connectivity index is 1.92. The molecule has 2 aromatic rings. The molecule has 1 amide bonds. The average molecular weight is 393 g/mol. The smallest absolute Gasteiger partial charge is 0.254 e. The summed E-state index contributed by atoms with van der Waals surface area (Å²) in [5.41, 5.74) is -0.681. The van der Waals surface area contributed by atoms with Crippen LogP contribution in [0.5, 0.6) is 0 Å². The van der Waals surface area contributed by atoms with Crippen molar-refractivity contribution in [2.45, 2.75) is 4.90 Å². The fourth-order valence-electron chi connectivity index (χ4n) is 1.85. The maximum Gasteiger partial charge on any atom is 0.254 e. The Hall–Kier alpha value is -2.10. The number of amides is 1.